The van der Waals surface area contributed by atoms with Crippen LogP contribution in [0.25, 0.3) is 10.2 Å². The van der Waals surface area contributed by atoms with Crippen molar-refractivity contribution in [3.05, 3.63) is 28.6 Å². The highest BCUT2D eigenvalue weighted by molar-refractivity contribution is 7.16. The number of carbonyl (C=O) groups excluding carboxylic acids is 2. The number of carbonyl (C=O) groups is 2. The van der Waals surface area contributed by atoms with Crippen LogP contribution in [-0.4, -0.2) is 23.6 Å². The van der Waals surface area contributed by atoms with Gasteiger partial charge < -0.3 is 9.30 Å². The van der Waals surface area contributed by atoms with Crippen molar-refractivity contribution < 1.29 is 14.3 Å². The molecule has 6 heteroatoms. The molecule has 0 N–H and O–H groups in total. The molecule has 0 bridgehead atoms. The van der Waals surface area contributed by atoms with Gasteiger partial charge in [-0.2, -0.15) is 4.99 Å². The molecule has 0 aliphatic rings. The van der Waals surface area contributed by atoms with Crippen LogP contribution in [0.15, 0.2) is 23.2 Å². The minimum Gasteiger partial charge on any atom is -0.465 e. The molecule has 106 valence electrons. The van der Waals surface area contributed by atoms with E-state index in [2.05, 4.69) is 4.99 Å². The summed E-state index contributed by atoms with van der Waals surface area (Å²) in [5, 5.41) is 0. The van der Waals surface area contributed by atoms with Crippen LogP contribution in [0.4, 0.5) is 0 Å². The Bertz CT molecular complexity index is 728. The normalized spacial score (nSPS) is 11.8. The second-order valence-electron chi connectivity index (χ2n) is 4.37. The Morgan fingerprint density at radius 1 is 1.40 bits per heavy atom. The maximum Gasteiger partial charge on any atom is 0.337 e. The number of aromatic nitrogens is 1. The highest BCUT2D eigenvalue weighted by atomic mass is 32.1. The zero-order chi connectivity index (χ0) is 14.7. The molecule has 0 saturated heterocycles. The molecule has 1 heterocycles. The summed E-state index contributed by atoms with van der Waals surface area (Å²) >= 11 is 1.39. The first-order valence-electron chi connectivity index (χ1n) is 6.32. The highest BCUT2D eigenvalue weighted by Gasteiger charge is 2.09. The maximum absolute atomic E-state index is 11.6. The van der Waals surface area contributed by atoms with Gasteiger partial charge in [-0.1, -0.05) is 18.3 Å². The van der Waals surface area contributed by atoms with Gasteiger partial charge >= 0.3 is 5.97 Å². The Morgan fingerprint density at radius 3 is 2.80 bits per heavy atom. The number of nitrogens with zero attached hydrogens (tertiary/aromatic N) is 2. The van der Waals surface area contributed by atoms with E-state index in [4.69, 9.17) is 4.74 Å². The topological polar surface area (TPSA) is 60.7 Å². The molecule has 20 heavy (non-hydrogen) atoms. The molecule has 0 atom stereocenters. The lowest BCUT2D eigenvalue weighted by Crippen LogP contribution is -2.12. The lowest BCUT2D eigenvalue weighted by Gasteiger charge is -1.99. The average molecular weight is 292 g/mol. The summed E-state index contributed by atoms with van der Waals surface area (Å²) in [4.78, 5) is 27.9. The highest BCUT2D eigenvalue weighted by Crippen LogP contribution is 2.19. The van der Waals surface area contributed by atoms with Crippen molar-refractivity contribution in [1.29, 1.82) is 0 Å². The Labute approximate surface area is 120 Å². The number of hydrogen-bond donors (Lipinski definition) is 0. The van der Waals surface area contributed by atoms with E-state index in [1.165, 1.54) is 18.4 Å². The molecule has 1 aromatic carbocycles. The molecule has 0 aliphatic carbocycles. The van der Waals surface area contributed by atoms with E-state index < -0.39 is 0 Å². The van der Waals surface area contributed by atoms with Crippen molar-refractivity contribution in [3.8, 4) is 0 Å². The summed E-state index contributed by atoms with van der Waals surface area (Å²) < 4.78 is 7.46. The first-order valence-corrected chi connectivity index (χ1v) is 7.14. The number of fused-ring (bicyclic) bond motifs is 1. The Hall–Kier alpha value is -1.95. The van der Waals surface area contributed by atoms with E-state index in [1.54, 1.807) is 12.1 Å². The average Bonchev–Trinajstić information content (AvgIpc) is 2.74. The number of hydrogen-bond acceptors (Lipinski definition) is 4. The van der Waals surface area contributed by atoms with E-state index in [9.17, 15) is 9.59 Å². The second kappa shape index (κ2) is 6.00. The van der Waals surface area contributed by atoms with E-state index >= 15 is 0 Å². The second-order valence-corrected chi connectivity index (χ2v) is 5.38. The quantitative estimate of drug-likeness (QED) is 0.815. The number of methoxy groups -OCH3 is 1. The Balaban J connectivity index is 2.52. The summed E-state index contributed by atoms with van der Waals surface area (Å²) in [7, 11) is 3.21. The van der Waals surface area contributed by atoms with E-state index in [-0.39, 0.29) is 11.9 Å². The van der Waals surface area contributed by atoms with Crippen molar-refractivity contribution in [3.63, 3.8) is 0 Å². The van der Waals surface area contributed by atoms with Crippen molar-refractivity contribution in [1.82, 2.24) is 4.57 Å². The van der Waals surface area contributed by atoms with Gasteiger partial charge in [-0.25, -0.2) is 4.79 Å². The summed E-state index contributed by atoms with van der Waals surface area (Å²) in [6.07, 6.45) is 1.23. The van der Waals surface area contributed by atoms with E-state index in [0.29, 0.717) is 16.8 Å². The Morgan fingerprint density at radius 2 is 2.15 bits per heavy atom. The van der Waals surface area contributed by atoms with Gasteiger partial charge in [0.25, 0.3) is 0 Å². The van der Waals surface area contributed by atoms with Crippen molar-refractivity contribution in [2.24, 2.45) is 12.0 Å². The number of benzene rings is 1. The van der Waals surface area contributed by atoms with Crippen LogP contribution >= 0.6 is 11.3 Å². The van der Waals surface area contributed by atoms with Gasteiger partial charge in [0, 0.05) is 13.5 Å². The SMILES string of the molecule is CCCC(=O)N=c1sc2cc(C(=O)OC)ccc2n1C. The van der Waals surface area contributed by atoms with Crippen LogP contribution in [0, 0.1) is 0 Å². The zero-order valence-electron chi connectivity index (χ0n) is 11.7. The Kier molecular flexibility index (Phi) is 4.34. The number of esters is 1. The lowest BCUT2D eigenvalue weighted by atomic mass is 10.2. The van der Waals surface area contributed by atoms with Crippen LogP contribution in [0.3, 0.4) is 0 Å². The lowest BCUT2D eigenvalue weighted by molar-refractivity contribution is -0.118. The molecule has 2 rings (SSSR count). The predicted octanol–water partition coefficient (Wildman–Crippen LogP) is 2.25. The van der Waals surface area contributed by atoms with Crippen LogP contribution < -0.4 is 4.80 Å². The fraction of sp³-hybridized carbons (Fsp3) is 0.357. The monoisotopic (exact) mass is 292 g/mol. The summed E-state index contributed by atoms with van der Waals surface area (Å²) in [5.41, 5.74) is 1.43. The van der Waals surface area contributed by atoms with Gasteiger partial charge in [0.05, 0.1) is 22.9 Å². The number of amides is 1. The van der Waals surface area contributed by atoms with Gasteiger partial charge in [0.1, 0.15) is 0 Å². The minimum absolute atomic E-state index is 0.122. The number of ether oxygens (including phenoxy) is 1. The van der Waals surface area contributed by atoms with Gasteiger partial charge in [-0.15, -0.1) is 0 Å². The fourth-order valence-electron chi connectivity index (χ4n) is 1.86. The molecule has 5 nitrogen and oxygen atoms in total. The first-order chi connectivity index (χ1) is 9.56. The molecule has 0 saturated carbocycles. The van der Waals surface area contributed by atoms with Crippen molar-refractivity contribution in [2.45, 2.75) is 19.8 Å². The molecule has 0 aliphatic heterocycles. The summed E-state index contributed by atoms with van der Waals surface area (Å²) in [6.45, 7) is 1.95. The molecule has 0 spiro atoms. The summed E-state index contributed by atoms with van der Waals surface area (Å²) in [6, 6.07) is 5.30. The number of thiazole rings is 1. The molecule has 0 radical (unpaired) electrons. The van der Waals surface area contributed by atoms with Crippen LogP contribution in [-0.2, 0) is 16.6 Å². The largest absolute Gasteiger partial charge is 0.465 e. The van der Waals surface area contributed by atoms with Gasteiger partial charge in [-0.3, -0.25) is 4.79 Å². The van der Waals surface area contributed by atoms with Gasteiger partial charge in [0.2, 0.25) is 5.91 Å². The van der Waals surface area contributed by atoms with Crippen molar-refractivity contribution in [2.75, 3.05) is 7.11 Å². The zero-order valence-corrected chi connectivity index (χ0v) is 12.5. The molecular formula is C14H16N2O3S. The minimum atomic E-state index is -0.372. The number of aryl methyl sites for hydroxylation is 1. The molecule has 2 aromatic rings. The fourth-order valence-corrected chi connectivity index (χ4v) is 2.94. The third-order valence-corrected chi connectivity index (χ3v) is 4.01. The molecule has 0 unspecified atom stereocenters. The molecule has 0 fully saturated rings. The predicted molar refractivity (Wildman–Crippen MR) is 77.6 cm³/mol. The third kappa shape index (κ3) is 2.80. The van der Waals surface area contributed by atoms with E-state index in [1.807, 2.05) is 24.6 Å². The van der Waals surface area contributed by atoms with Gasteiger partial charge in [-0.05, 0) is 24.6 Å². The third-order valence-electron chi connectivity index (χ3n) is 2.91. The molecule has 1 aromatic heterocycles. The van der Waals surface area contributed by atoms with Gasteiger partial charge in [0.15, 0.2) is 4.80 Å². The summed E-state index contributed by atoms with van der Waals surface area (Å²) in [5.74, 6) is -0.494. The molecule has 1 amide bonds. The van der Waals surface area contributed by atoms with E-state index in [0.717, 1.165) is 16.6 Å². The maximum atomic E-state index is 11.6. The molecular weight excluding hydrogens is 276 g/mol. The van der Waals surface area contributed by atoms with Crippen molar-refractivity contribution >= 4 is 33.4 Å². The number of rotatable bonds is 3. The smallest absolute Gasteiger partial charge is 0.337 e. The first kappa shape index (κ1) is 14.5. The van der Waals surface area contributed by atoms with Crippen LogP contribution in [0.1, 0.15) is 30.1 Å². The van der Waals surface area contributed by atoms with Crippen LogP contribution in [0.5, 0.6) is 0 Å². The van der Waals surface area contributed by atoms with Crippen LogP contribution in [0.2, 0.25) is 0 Å². The standard InChI is InChI=1S/C14H16N2O3S/c1-4-5-12(17)15-14-16(2)10-7-6-9(13(18)19-3)8-11(10)20-14/h6-8H,4-5H2,1-3H3.